The Morgan fingerprint density at radius 3 is 1.96 bits per heavy atom. The highest BCUT2D eigenvalue weighted by atomic mass is 16.1. The van der Waals surface area contributed by atoms with Crippen LogP contribution >= 0.6 is 0 Å². The molecule has 128 valence electrons. The van der Waals surface area contributed by atoms with Crippen LogP contribution in [0.3, 0.4) is 0 Å². The Bertz CT molecular complexity index is 1050. The first kappa shape index (κ1) is 16.1. The molecule has 3 aromatic rings. The Morgan fingerprint density at radius 1 is 0.731 bits per heavy atom. The summed E-state index contributed by atoms with van der Waals surface area (Å²) in [4.78, 5) is 26.3. The number of carbonyl (C=O) groups excluding carboxylic acids is 2. The average molecular weight is 342 g/mol. The highest BCUT2D eigenvalue weighted by Gasteiger charge is 2.33. The molecule has 0 spiro atoms. The second-order valence-electron chi connectivity index (χ2n) is 6.36. The third-order valence-corrected chi connectivity index (χ3v) is 4.64. The maximum absolute atomic E-state index is 13.2. The molecule has 0 radical (unpaired) electrons. The SMILES string of the molecule is CNc1ccc(Nc2cccc(C)c2)c2c1C(=O)c1ccccc1C2=O. The number of hydrogen-bond donors (Lipinski definition) is 2. The van der Waals surface area contributed by atoms with Gasteiger partial charge >= 0.3 is 0 Å². The zero-order valence-electron chi connectivity index (χ0n) is 14.6. The van der Waals surface area contributed by atoms with E-state index in [2.05, 4.69) is 10.6 Å². The predicted octanol–water partition coefficient (Wildman–Crippen LogP) is 4.56. The van der Waals surface area contributed by atoms with Crippen LogP contribution in [0, 0.1) is 6.92 Å². The van der Waals surface area contributed by atoms with Crippen molar-refractivity contribution >= 4 is 28.6 Å². The number of aryl methyl sites for hydroxylation is 1. The predicted molar refractivity (Wildman–Crippen MR) is 104 cm³/mol. The van der Waals surface area contributed by atoms with Crippen LogP contribution in [0.25, 0.3) is 0 Å². The maximum atomic E-state index is 13.2. The van der Waals surface area contributed by atoms with Gasteiger partial charge in [0.25, 0.3) is 0 Å². The van der Waals surface area contributed by atoms with Gasteiger partial charge in [0.1, 0.15) is 0 Å². The van der Waals surface area contributed by atoms with Gasteiger partial charge in [0.2, 0.25) is 0 Å². The summed E-state index contributed by atoms with van der Waals surface area (Å²) in [5.41, 5.74) is 5.03. The van der Waals surface area contributed by atoms with E-state index in [1.165, 1.54) is 0 Å². The Labute approximate surface area is 151 Å². The van der Waals surface area contributed by atoms with E-state index in [9.17, 15) is 9.59 Å². The lowest BCUT2D eigenvalue weighted by atomic mass is 9.82. The molecular weight excluding hydrogens is 324 g/mol. The van der Waals surface area contributed by atoms with Crippen molar-refractivity contribution < 1.29 is 9.59 Å². The van der Waals surface area contributed by atoms with Crippen molar-refractivity contribution in [3.8, 4) is 0 Å². The van der Waals surface area contributed by atoms with Gasteiger partial charge in [-0.1, -0.05) is 36.4 Å². The lowest BCUT2D eigenvalue weighted by Crippen LogP contribution is -2.23. The van der Waals surface area contributed by atoms with Crippen LogP contribution in [0.5, 0.6) is 0 Å². The van der Waals surface area contributed by atoms with Gasteiger partial charge < -0.3 is 10.6 Å². The van der Waals surface area contributed by atoms with E-state index in [0.717, 1.165) is 11.3 Å². The fourth-order valence-electron chi connectivity index (χ4n) is 3.41. The molecule has 0 saturated carbocycles. The van der Waals surface area contributed by atoms with E-state index in [0.29, 0.717) is 33.6 Å². The molecule has 0 unspecified atom stereocenters. The van der Waals surface area contributed by atoms with E-state index in [4.69, 9.17) is 0 Å². The molecule has 0 atom stereocenters. The van der Waals surface area contributed by atoms with Crippen molar-refractivity contribution in [3.63, 3.8) is 0 Å². The summed E-state index contributed by atoms with van der Waals surface area (Å²) in [5, 5.41) is 6.34. The Balaban J connectivity index is 1.91. The van der Waals surface area contributed by atoms with Crippen LogP contribution in [-0.2, 0) is 0 Å². The third-order valence-electron chi connectivity index (χ3n) is 4.64. The standard InChI is InChI=1S/C22H18N2O2/c1-13-6-5-7-14(12-13)24-18-11-10-17(23-2)19-20(18)22(26)16-9-4-3-8-15(16)21(19)25/h3-12,23-24H,1-2H3. The fourth-order valence-corrected chi connectivity index (χ4v) is 3.41. The largest absolute Gasteiger partial charge is 0.388 e. The molecule has 0 amide bonds. The van der Waals surface area contributed by atoms with Crippen LogP contribution in [0.1, 0.15) is 37.4 Å². The monoisotopic (exact) mass is 342 g/mol. The van der Waals surface area contributed by atoms with Gasteiger partial charge in [-0.15, -0.1) is 0 Å². The topological polar surface area (TPSA) is 58.2 Å². The number of anilines is 3. The second kappa shape index (κ2) is 6.15. The fraction of sp³-hybridized carbons (Fsp3) is 0.0909. The molecule has 0 aromatic heterocycles. The summed E-state index contributed by atoms with van der Waals surface area (Å²) < 4.78 is 0. The normalized spacial score (nSPS) is 12.4. The summed E-state index contributed by atoms with van der Waals surface area (Å²) in [7, 11) is 1.75. The first-order valence-electron chi connectivity index (χ1n) is 8.47. The average Bonchev–Trinajstić information content (AvgIpc) is 2.66. The van der Waals surface area contributed by atoms with Crippen LogP contribution < -0.4 is 10.6 Å². The minimum atomic E-state index is -0.137. The Kier molecular flexibility index (Phi) is 3.81. The zero-order chi connectivity index (χ0) is 18.3. The van der Waals surface area contributed by atoms with Crippen molar-refractivity contribution in [2.75, 3.05) is 17.7 Å². The molecule has 1 aliphatic carbocycles. The highest BCUT2D eigenvalue weighted by molar-refractivity contribution is 6.32. The molecule has 0 saturated heterocycles. The minimum Gasteiger partial charge on any atom is -0.388 e. The van der Waals surface area contributed by atoms with Gasteiger partial charge in [-0.2, -0.15) is 0 Å². The molecule has 1 aliphatic rings. The number of hydrogen-bond acceptors (Lipinski definition) is 4. The Hall–Kier alpha value is -3.40. The summed E-state index contributed by atoms with van der Waals surface area (Å²) in [6.07, 6.45) is 0. The summed E-state index contributed by atoms with van der Waals surface area (Å²) in [6, 6.07) is 18.6. The summed E-state index contributed by atoms with van der Waals surface area (Å²) in [5.74, 6) is -0.269. The van der Waals surface area contributed by atoms with E-state index >= 15 is 0 Å². The molecular formula is C22H18N2O2. The van der Waals surface area contributed by atoms with Crippen LogP contribution in [-0.4, -0.2) is 18.6 Å². The van der Waals surface area contributed by atoms with Crippen molar-refractivity contribution in [1.29, 1.82) is 0 Å². The quantitative estimate of drug-likeness (QED) is 0.573. The summed E-state index contributed by atoms with van der Waals surface area (Å²) >= 11 is 0. The molecule has 3 aromatic carbocycles. The number of ketones is 2. The van der Waals surface area contributed by atoms with E-state index in [1.807, 2.05) is 43.3 Å². The molecule has 4 nitrogen and oxygen atoms in total. The first-order valence-corrected chi connectivity index (χ1v) is 8.47. The molecule has 0 heterocycles. The number of fused-ring (bicyclic) bond motifs is 2. The lowest BCUT2D eigenvalue weighted by Gasteiger charge is -2.23. The van der Waals surface area contributed by atoms with Crippen LogP contribution in [0.2, 0.25) is 0 Å². The van der Waals surface area contributed by atoms with E-state index < -0.39 is 0 Å². The molecule has 26 heavy (non-hydrogen) atoms. The minimum absolute atomic E-state index is 0.132. The van der Waals surface area contributed by atoms with Gasteiger partial charge in [0, 0.05) is 29.5 Å². The maximum Gasteiger partial charge on any atom is 0.196 e. The van der Waals surface area contributed by atoms with Crippen molar-refractivity contribution in [2.24, 2.45) is 0 Å². The number of rotatable bonds is 3. The van der Waals surface area contributed by atoms with Crippen molar-refractivity contribution in [2.45, 2.75) is 6.92 Å². The van der Waals surface area contributed by atoms with Crippen LogP contribution in [0.4, 0.5) is 17.1 Å². The third kappa shape index (κ3) is 2.47. The zero-order valence-corrected chi connectivity index (χ0v) is 14.6. The lowest BCUT2D eigenvalue weighted by molar-refractivity contribution is 0.0980. The number of carbonyl (C=O) groups is 2. The van der Waals surface area contributed by atoms with E-state index in [1.54, 1.807) is 31.3 Å². The van der Waals surface area contributed by atoms with E-state index in [-0.39, 0.29) is 11.6 Å². The highest BCUT2D eigenvalue weighted by Crippen LogP contribution is 2.37. The smallest absolute Gasteiger partial charge is 0.196 e. The number of nitrogens with one attached hydrogen (secondary N) is 2. The molecule has 0 aliphatic heterocycles. The van der Waals surface area contributed by atoms with Gasteiger partial charge in [-0.3, -0.25) is 9.59 Å². The molecule has 4 heteroatoms. The number of benzene rings is 3. The molecule has 4 rings (SSSR count). The second-order valence-corrected chi connectivity index (χ2v) is 6.36. The van der Waals surface area contributed by atoms with Gasteiger partial charge in [0.05, 0.1) is 16.8 Å². The van der Waals surface area contributed by atoms with Gasteiger partial charge in [-0.25, -0.2) is 0 Å². The van der Waals surface area contributed by atoms with Gasteiger partial charge in [-0.05, 0) is 36.8 Å². The molecule has 0 fully saturated rings. The van der Waals surface area contributed by atoms with Crippen LogP contribution in [0.15, 0.2) is 60.7 Å². The first-order chi connectivity index (χ1) is 12.6. The van der Waals surface area contributed by atoms with Gasteiger partial charge in [0.15, 0.2) is 11.6 Å². The Morgan fingerprint density at radius 2 is 1.35 bits per heavy atom. The van der Waals surface area contributed by atoms with Crippen molar-refractivity contribution in [3.05, 3.63) is 88.5 Å². The molecule has 2 N–H and O–H groups in total. The van der Waals surface area contributed by atoms with Crippen molar-refractivity contribution in [1.82, 2.24) is 0 Å². The molecule has 0 bridgehead atoms. The summed E-state index contributed by atoms with van der Waals surface area (Å²) in [6.45, 7) is 2.01.